The first-order valence-corrected chi connectivity index (χ1v) is 12.6. The number of carboxylic acids is 2. The lowest BCUT2D eigenvalue weighted by atomic mass is 9.87. The highest BCUT2D eigenvalue weighted by molar-refractivity contribution is 8.13. The highest BCUT2D eigenvalue weighted by atomic mass is 32.2. The standard InChI is InChI=1S/C22H36N4O11S/c1-12(27)26-14(21(35)36)4-5-17(30)38-9-8-24-15(28)6-7-25-19(32)18(31)22(2,3)11-37-16(29)10-13(23)20(33)34/h13-14,18,31H,4-11,23H2,1-3H3,(H,24,28)(H,25,32)(H,26,27)(H,33,34)(H,35,36)/t13-,14-,18-/m0/s1. The molecule has 216 valence electrons. The van der Waals surface area contributed by atoms with Crippen LogP contribution in [0.3, 0.4) is 0 Å². The number of aliphatic carboxylic acids is 2. The number of esters is 1. The molecule has 0 fully saturated rings. The summed E-state index contributed by atoms with van der Waals surface area (Å²) in [5.74, 6) is -5.02. The number of aliphatic hydroxyl groups excluding tert-OH is 1. The largest absolute Gasteiger partial charge is 0.480 e. The van der Waals surface area contributed by atoms with E-state index < -0.39 is 65.7 Å². The van der Waals surface area contributed by atoms with Gasteiger partial charge in [0.15, 0.2) is 5.12 Å². The lowest BCUT2D eigenvalue weighted by molar-refractivity contribution is -0.155. The van der Waals surface area contributed by atoms with Gasteiger partial charge in [-0.15, -0.1) is 0 Å². The number of nitrogens with two attached hydrogens (primary N) is 1. The Kier molecular flexibility index (Phi) is 15.8. The van der Waals surface area contributed by atoms with Crippen LogP contribution >= 0.6 is 11.8 Å². The van der Waals surface area contributed by atoms with E-state index in [0.29, 0.717) is 0 Å². The third-order valence-electron chi connectivity index (χ3n) is 4.95. The number of ether oxygens (including phenoxy) is 1. The molecule has 0 bridgehead atoms. The first-order chi connectivity index (χ1) is 17.6. The SMILES string of the molecule is CC(=O)N[C@@H](CCC(=O)SCCNC(=O)CCNC(=O)[C@H](O)C(C)(C)COC(=O)C[C@H](N)C(=O)O)C(=O)O. The molecule has 0 aliphatic rings. The minimum absolute atomic E-state index is 0.0587. The van der Waals surface area contributed by atoms with Gasteiger partial charge < -0.3 is 41.7 Å². The Morgan fingerprint density at radius 2 is 1.61 bits per heavy atom. The van der Waals surface area contributed by atoms with Crippen LogP contribution < -0.4 is 21.7 Å². The summed E-state index contributed by atoms with van der Waals surface area (Å²) >= 11 is 0.904. The van der Waals surface area contributed by atoms with Gasteiger partial charge in [-0.1, -0.05) is 25.6 Å². The summed E-state index contributed by atoms with van der Waals surface area (Å²) in [6.45, 7) is 3.74. The molecule has 15 nitrogen and oxygen atoms in total. The Morgan fingerprint density at radius 3 is 2.16 bits per heavy atom. The van der Waals surface area contributed by atoms with Crippen LogP contribution in [0.2, 0.25) is 0 Å². The van der Waals surface area contributed by atoms with Crippen molar-refractivity contribution < 1.29 is 53.6 Å². The van der Waals surface area contributed by atoms with Crippen molar-refractivity contribution in [2.45, 2.75) is 64.6 Å². The number of nitrogens with one attached hydrogen (secondary N) is 3. The fraction of sp³-hybridized carbons (Fsp3) is 0.682. The lowest BCUT2D eigenvalue weighted by Gasteiger charge is -2.29. The van der Waals surface area contributed by atoms with Crippen LogP contribution in [0.5, 0.6) is 0 Å². The van der Waals surface area contributed by atoms with Crippen LogP contribution in [0.4, 0.5) is 0 Å². The third kappa shape index (κ3) is 15.1. The second-order valence-electron chi connectivity index (χ2n) is 8.94. The van der Waals surface area contributed by atoms with Crippen molar-refractivity contribution in [3.8, 4) is 0 Å². The number of aliphatic hydroxyl groups is 1. The van der Waals surface area contributed by atoms with Crippen LogP contribution in [0.25, 0.3) is 0 Å². The molecule has 0 saturated heterocycles. The number of amides is 3. The summed E-state index contributed by atoms with van der Waals surface area (Å²) in [5.41, 5.74) is 4.03. The van der Waals surface area contributed by atoms with Crippen LogP contribution in [0.1, 0.15) is 46.5 Å². The first kappa shape index (κ1) is 34.8. The molecule has 0 unspecified atom stereocenters. The number of rotatable bonds is 18. The Balaban J connectivity index is 4.22. The van der Waals surface area contributed by atoms with Gasteiger partial charge in [-0.3, -0.25) is 28.8 Å². The van der Waals surface area contributed by atoms with Gasteiger partial charge in [0.2, 0.25) is 17.7 Å². The summed E-state index contributed by atoms with van der Waals surface area (Å²) in [6, 6.07) is -2.59. The third-order valence-corrected chi connectivity index (χ3v) is 5.88. The molecule has 0 saturated carbocycles. The number of carboxylic acid groups (broad SMARTS) is 2. The molecule has 3 atom stereocenters. The van der Waals surface area contributed by atoms with E-state index in [4.69, 9.17) is 20.7 Å². The smallest absolute Gasteiger partial charge is 0.326 e. The minimum atomic E-state index is -1.60. The van der Waals surface area contributed by atoms with E-state index in [1.807, 2.05) is 0 Å². The van der Waals surface area contributed by atoms with Gasteiger partial charge in [0.1, 0.15) is 18.2 Å². The lowest BCUT2D eigenvalue weighted by Crippen LogP contribution is -2.47. The van der Waals surface area contributed by atoms with Gasteiger partial charge in [0.05, 0.1) is 13.0 Å². The van der Waals surface area contributed by atoms with Gasteiger partial charge in [-0.25, -0.2) is 4.79 Å². The zero-order chi connectivity index (χ0) is 29.5. The fourth-order valence-electron chi connectivity index (χ4n) is 2.70. The van der Waals surface area contributed by atoms with E-state index in [2.05, 4.69) is 16.0 Å². The van der Waals surface area contributed by atoms with E-state index in [9.17, 15) is 38.7 Å². The number of carbonyl (C=O) groups excluding carboxylic acids is 5. The number of thioether (sulfide) groups is 1. The molecule has 38 heavy (non-hydrogen) atoms. The quantitative estimate of drug-likeness (QED) is 0.0701. The van der Waals surface area contributed by atoms with Gasteiger partial charge in [0.25, 0.3) is 0 Å². The fourth-order valence-corrected chi connectivity index (χ4v) is 3.40. The van der Waals surface area contributed by atoms with Gasteiger partial charge in [0, 0.05) is 44.0 Å². The van der Waals surface area contributed by atoms with E-state index in [1.54, 1.807) is 0 Å². The van der Waals surface area contributed by atoms with E-state index in [1.165, 1.54) is 20.8 Å². The Morgan fingerprint density at radius 1 is 0.974 bits per heavy atom. The van der Waals surface area contributed by atoms with Gasteiger partial charge in [-0.05, 0) is 6.42 Å². The predicted octanol–water partition coefficient (Wildman–Crippen LogP) is -2.03. The van der Waals surface area contributed by atoms with Gasteiger partial charge >= 0.3 is 17.9 Å². The maximum absolute atomic E-state index is 12.2. The number of carbonyl (C=O) groups is 7. The average molecular weight is 565 g/mol. The van der Waals surface area contributed by atoms with Crippen LogP contribution in [-0.4, -0.2) is 99.7 Å². The van der Waals surface area contributed by atoms with Crippen molar-refractivity contribution in [3.63, 3.8) is 0 Å². The monoisotopic (exact) mass is 564 g/mol. The Labute approximate surface area is 223 Å². The maximum atomic E-state index is 12.2. The molecule has 0 aromatic heterocycles. The summed E-state index contributed by atoms with van der Waals surface area (Å²) in [7, 11) is 0. The Hall–Kier alpha value is -3.24. The molecule has 0 aromatic rings. The summed E-state index contributed by atoms with van der Waals surface area (Å²) in [6.07, 6.45) is -2.41. The molecular weight excluding hydrogens is 528 g/mol. The number of hydrogen-bond donors (Lipinski definition) is 7. The predicted molar refractivity (Wildman–Crippen MR) is 134 cm³/mol. The average Bonchev–Trinajstić information content (AvgIpc) is 2.82. The van der Waals surface area contributed by atoms with E-state index in [0.717, 1.165) is 11.8 Å². The summed E-state index contributed by atoms with van der Waals surface area (Å²) in [4.78, 5) is 80.3. The molecule has 3 amide bonds. The van der Waals surface area contributed by atoms with Crippen molar-refractivity contribution in [2.75, 3.05) is 25.4 Å². The molecule has 0 rings (SSSR count). The molecule has 0 aromatic carbocycles. The van der Waals surface area contributed by atoms with Crippen molar-refractivity contribution in [1.82, 2.24) is 16.0 Å². The van der Waals surface area contributed by atoms with E-state index >= 15 is 0 Å². The molecule has 0 radical (unpaired) electrons. The molecule has 0 aliphatic carbocycles. The van der Waals surface area contributed by atoms with Crippen molar-refractivity contribution in [3.05, 3.63) is 0 Å². The summed E-state index contributed by atoms with van der Waals surface area (Å²) in [5, 5.41) is 34.9. The van der Waals surface area contributed by atoms with Crippen molar-refractivity contribution in [1.29, 1.82) is 0 Å². The van der Waals surface area contributed by atoms with Crippen LogP contribution in [0.15, 0.2) is 0 Å². The van der Waals surface area contributed by atoms with Crippen molar-refractivity contribution in [2.24, 2.45) is 11.1 Å². The maximum Gasteiger partial charge on any atom is 0.326 e. The highest BCUT2D eigenvalue weighted by Crippen LogP contribution is 2.21. The van der Waals surface area contributed by atoms with Crippen molar-refractivity contribution >= 4 is 52.5 Å². The topological polar surface area (TPSA) is 252 Å². The Bertz CT molecular complexity index is 881. The zero-order valence-electron chi connectivity index (χ0n) is 21.5. The normalized spacial score (nSPS) is 13.4. The molecule has 8 N–H and O–H groups in total. The highest BCUT2D eigenvalue weighted by Gasteiger charge is 2.35. The second-order valence-corrected chi connectivity index (χ2v) is 10.1. The summed E-state index contributed by atoms with van der Waals surface area (Å²) < 4.78 is 4.91. The second kappa shape index (κ2) is 17.3. The minimum Gasteiger partial charge on any atom is -0.480 e. The number of hydrogen-bond acceptors (Lipinski definition) is 11. The van der Waals surface area contributed by atoms with Crippen LogP contribution in [0, 0.1) is 5.41 Å². The molecule has 0 heterocycles. The molecule has 0 spiro atoms. The molecule has 16 heteroatoms. The first-order valence-electron chi connectivity index (χ1n) is 11.6. The zero-order valence-corrected chi connectivity index (χ0v) is 22.3. The molecule has 0 aliphatic heterocycles. The van der Waals surface area contributed by atoms with Gasteiger partial charge in [-0.2, -0.15) is 0 Å². The van der Waals surface area contributed by atoms with E-state index in [-0.39, 0.29) is 49.8 Å². The molecular formula is C22H36N4O11S. The van der Waals surface area contributed by atoms with Crippen LogP contribution in [-0.2, 0) is 38.3 Å².